The van der Waals surface area contributed by atoms with Crippen LogP contribution >= 0.6 is 11.3 Å². The largest absolute Gasteiger partial charge is 0.324 e. The quantitative estimate of drug-likeness (QED) is 0.343. The van der Waals surface area contributed by atoms with Crippen LogP contribution in [0.2, 0.25) is 0 Å². The molecule has 0 saturated carbocycles. The van der Waals surface area contributed by atoms with E-state index < -0.39 is 0 Å². The standard InChI is InChI=1S/C24H33N7OS/c1-5-31(6-2)16-15-25-13-12-21(32)30-24-27-18(4)22(33-24)20-11-14-26-23(29-20)28-19-9-7-17(3)8-10-19/h7-11,14,25H,5-6,12-13,15-16H2,1-4H3,(H,26,28,29)(H,27,30,32). The van der Waals surface area contributed by atoms with Gasteiger partial charge in [-0.25, -0.2) is 15.0 Å². The molecular weight excluding hydrogens is 434 g/mol. The van der Waals surface area contributed by atoms with Crippen LogP contribution in [0.5, 0.6) is 0 Å². The summed E-state index contributed by atoms with van der Waals surface area (Å²) in [4.78, 5) is 29.1. The summed E-state index contributed by atoms with van der Waals surface area (Å²) in [6.07, 6.45) is 2.13. The Morgan fingerprint density at radius 1 is 1.03 bits per heavy atom. The number of aryl methyl sites for hydroxylation is 2. The van der Waals surface area contributed by atoms with Crippen molar-refractivity contribution in [3.05, 3.63) is 47.8 Å². The summed E-state index contributed by atoms with van der Waals surface area (Å²) >= 11 is 1.42. The number of amides is 1. The van der Waals surface area contributed by atoms with Crippen LogP contribution in [0.25, 0.3) is 10.6 Å². The second-order valence-corrected chi connectivity index (χ2v) is 8.76. The number of hydrogen-bond acceptors (Lipinski definition) is 8. The maximum absolute atomic E-state index is 12.3. The Balaban J connectivity index is 1.54. The number of benzene rings is 1. The molecule has 0 aliphatic heterocycles. The lowest BCUT2D eigenvalue weighted by Crippen LogP contribution is -2.33. The molecule has 2 aromatic heterocycles. The van der Waals surface area contributed by atoms with E-state index in [1.165, 1.54) is 16.9 Å². The van der Waals surface area contributed by atoms with Gasteiger partial charge in [0.1, 0.15) is 0 Å². The highest BCUT2D eigenvalue weighted by Gasteiger charge is 2.14. The highest BCUT2D eigenvalue weighted by Crippen LogP contribution is 2.32. The van der Waals surface area contributed by atoms with Gasteiger partial charge in [-0.15, -0.1) is 0 Å². The molecule has 3 N–H and O–H groups in total. The Hall–Kier alpha value is -2.88. The molecule has 0 spiro atoms. The van der Waals surface area contributed by atoms with E-state index in [0.29, 0.717) is 24.0 Å². The molecule has 0 unspecified atom stereocenters. The Labute approximate surface area is 199 Å². The Bertz CT molecular complexity index is 1030. The van der Waals surface area contributed by atoms with Crippen LogP contribution in [0.1, 0.15) is 31.5 Å². The molecule has 8 nitrogen and oxygen atoms in total. The minimum Gasteiger partial charge on any atom is -0.324 e. The molecule has 0 atom stereocenters. The highest BCUT2D eigenvalue weighted by atomic mass is 32.1. The van der Waals surface area contributed by atoms with Crippen LogP contribution in [0.15, 0.2) is 36.5 Å². The number of hydrogen-bond donors (Lipinski definition) is 3. The minimum absolute atomic E-state index is 0.0462. The van der Waals surface area contributed by atoms with Gasteiger partial charge in [0.05, 0.1) is 16.3 Å². The Kier molecular flexibility index (Phi) is 9.29. The van der Waals surface area contributed by atoms with Crippen LogP contribution in [0, 0.1) is 13.8 Å². The lowest BCUT2D eigenvalue weighted by atomic mass is 10.2. The number of thiazole rings is 1. The van der Waals surface area contributed by atoms with Gasteiger partial charge in [-0.05, 0) is 45.1 Å². The van der Waals surface area contributed by atoms with Crippen LogP contribution in [-0.4, -0.2) is 58.5 Å². The van der Waals surface area contributed by atoms with Crippen molar-refractivity contribution in [3.8, 4) is 10.6 Å². The predicted molar refractivity (Wildman–Crippen MR) is 136 cm³/mol. The first-order valence-corrected chi connectivity index (χ1v) is 12.2. The SMILES string of the molecule is CCN(CC)CCNCCC(=O)Nc1nc(C)c(-c2ccnc(Nc3ccc(C)cc3)n2)s1. The summed E-state index contributed by atoms with van der Waals surface area (Å²) < 4.78 is 0. The van der Waals surface area contributed by atoms with E-state index in [1.54, 1.807) is 6.20 Å². The molecule has 0 radical (unpaired) electrons. The molecule has 0 bridgehead atoms. The molecule has 1 aromatic carbocycles. The van der Waals surface area contributed by atoms with Crippen LogP contribution in [0.3, 0.4) is 0 Å². The van der Waals surface area contributed by atoms with Gasteiger partial charge in [-0.1, -0.05) is 42.9 Å². The predicted octanol–water partition coefficient (Wildman–Crippen LogP) is 4.22. The number of rotatable bonds is 12. The smallest absolute Gasteiger partial charge is 0.227 e. The monoisotopic (exact) mass is 467 g/mol. The van der Waals surface area contributed by atoms with Crippen molar-refractivity contribution < 1.29 is 4.79 Å². The highest BCUT2D eigenvalue weighted by molar-refractivity contribution is 7.19. The third kappa shape index (κ3) is 7.59. The molecule has 0 fully saturated rings. The van der Waals surface area contributed by atoms with Gasteiger partial charge in [0.25, 0.3) is 0 Å². The summed E-state index contributed by atoms with van der Waals surface area (Å²) in [5.74, 6) is 0.473. The molecule has 9 heteroatoms. The summed E-state index contributed by atoms with van der Waals surface area (Å²) in [5.41, 5.74) is 3.72. The fourth-order valence-corrected chi connectivity index (χ4v) is 4.24. The zero-order chi connectivity index (χ0) is 23.6. The maximum Gasteiger partial charge on any atom is 0.227 e. The first-order valence-electron chi connectivity index (χ1n) is 11.4. The molecule has 3 aromatic rings. The van der Waals surface area contributed by atoms with Crippen LogP contribution in [-0.2, 0) is 4.79 Å². The lowest BCUT2D eigenvalue weighted by molar-refractivity contribution is -0.116. The van der Waals surface area contributed by atoms with Gasteiger partial charge in [0.2, 0.25) is 11.9 Å². The van der Waals surface area contributed by atoms with E-state index in [9.17, 15) is 4.79 Å². The normalized spacial score (nSPS) is 11.1. The third-order valence-electron chi connectivity index (χ3n) is 5.27. The van der Waals surface area contributed by atoms with E-state index in [0.717, 1.165) is 48.1 Å². The molecule has 3 rings (SSSR count). The van der Waals surface area contributed by atoms with Crippen LogP contribution in [0.4, 0.5) is 16.8 Å². The number of aromatic nitrogens is 3. The molecule has 33 heavy (non-hydrogen) atoms. The number of likely N-dealkylation sites (N-methyl/N-ethyl adjacent to an activating group) is 1. The first-order chi connectivity index (χ1) is 16.0. The lowest BCUT2D eigenvalue weighted by Gasteiger charge is -2.17. The van der Waals surface area contributed by atoms with Crippen molar-refractivity contribution >= 4 is 34.0 Å². The van der Waals surface area contributed by atoms with E-state index in [2.05, 4.69) is 49.6 Å². The summed E-state index contributed by atoms with van der Waals surface area (Å²) in [6.45, 7) is 12.9. The zero-order valence-electron chi connectivity index (χ0n) is 19.8. The van der Waals surface area contributed by atoms with Crippen molar-refractivity contribution in [2.75, 3.05) is 43.4 Å². The van der Waals surface area contributed by atoms with E-state index in [-0.39, 0.29) is 5.91 Å². The fraction of sp³-hybridized carbons (Fsp3) is 0.417. The van der Waals surface area contributed by atoms with Crippen molar-refractivity contribution in [1.29, 1.82) is 0 Å². The average Bonchev–Trinajstić information content (AvgIpc) is 3.17. The van der Waals surface area contributed by atoms with Gasteiger partial charge < -0.3 is 20.9 Å². The van der Waals surface area contributed by atoms with Crippen LogP contribution < -0.4 is 16.0 Å². The molecule has 0 aliphatic rings. The van der Waals surface area contributed by atoms with E-state index in [1.807, 2.05) is 44.2 Å². The molecule has 1 amide bonds. The van der Waals surface area contributed by atoms with Crippen molar-refractivity contribution in [2.45, 2.75) is 34.1 Å². The summed E-state index contributed by atoms with van der Waals surface area (Å²) in [5, 5.41) is 10.1. The topological polar surface area (TPSA) is 95.1 Å². The molecule has 2 heterocycles. The number of nitrogens with zero attached hydrogens (tertiary/aromatic N) is 4. The second kappa shape index (κ2) is 12.4. The number of carbonyl (C=O) groups excluding carboxylic acids is 1. The molecular formula is C24H33N7OS. The van der Waals surface area contributed by atoms with Gasteiger partial charge in [-0.2, -0.15) is 0 Å². The van der Waals surface area contributed by atoms with Gasteiger partial charge >= 0.3 is 0 Å². The molecule has 0 saturated heterocycles. The number of nitrogens with one attached hydrogen (secondary N) is 3. The third-order valence-corrected chi connectivity index (χ3v) is 6.36. The van der Waals surface area contributed by atoms with Gasteiger partial charge in [0.15, 0.2) is 5.13 Å². The second-order valence-electron chi connectivity index (χ2n) is 7.77. The van der Waals surface area contributed by atoms with Crippen molar-refractivity contribution in [1.82, 2.24) is 25.2 Å². The van der Waals surface area contributed by atoms with E-state index >= 15 is 0 Å². The number of anilines is 3. The maximum atomic E-state index is 12.3. The number of carbonyl (C=O) groups is 1. The Morgan fingerprint density at radius 2 is 1.79 bits per heavy atom. The van der Waals surface area contributed by atoms with Gasteiger partial charge in [-0.3, -0.25) is 4.79 Å². The summed E-state index contributed by atoms with van der Waals surface area (Å²) in [7, 11) is 0. The fourth-order valence-electron chi connectivity index (χ4n) is 3.28. The molecule has 176 valence electrons. The summed E-state index contributed by atoms with van der Waals surface area (Å²) in [6, 6.07) is 9.92. The van der Waals surface area contributed by atoms with E-state index in [4.69, 9.17) is 0 Å². The zero-order valence-corrected chi connectivity index (χ0v) is 20.6. The first kappa shape index (κ1) is 24.8. The van der Waals surface area contributed by atoms with Gasteiger partial charge in [0, 0.05) is 37.9 Å². The average molecular weight is 468 g/mol. The molecule has 0 aliphatic carbocycles. The minimum atomic E-state index is -0.0462. The Morgan fingerprint density at radius 3 is 2.52 bits per heavy atom. The van der Waals surface area contributed by atoms with Crippen molar-refractivity contribution in [3.63, 3.8) is 0 Å². The van der Waals surface area contributed by atoms with Crippen molar-refractivity contribution in [2.24, 2.45) is 0 Å².